The molecule has 0 saturated carbocycles. The quantitative estimate of drug-likeness (QED) is 0.907. The Morgan fingerprint density at radius 3 is 2.65 bits per heavy atom. The maximum Gasteiger partial charge on any atom is 0.214 e. The summed E-state index contributed by atoms with van der Waals surface area (Å²) in [5.74, 6) is 0.796. The van der Waals surface area contributed by atoms with Crippen molar-refractivity contribution in [2.75, 3.05) is 0 Å². The highest BCUT2D eigenvalue weighted by Crippen LogP contribution is 2.21. The van der Waals surface area contributed by atoms with Gasteiger partial charge in [0.05, 0.1) is 6.61 Å². The second-order valence-corrected chi connectivity index (χ2v) is 5.34. The zero-order chi connectivity index (χ0) is 14.5. The van der Waals surface area contributed by atoms with Crippen molar-refractivity contribution in [1.82, 2.24) is 4.98 Å². The van der Waals surface area contributed by atoms with Gasteiger partial charge in [-0.1, -0.05) is 43.6 Å². The molecule has 0 bridgehead atoms. The molecule has 0 saturated heterocycles. The van der Waals surface area contributed by atoms with E-state index >= 15 is 0 Å². The van der Waals surface area contributed by atoms with E-state index in [1.54, 1.807) is 6.07 Å². The van der Waals surface area contributed by atoms with Gasteiger partial charge < -0.3 is 9.84 Å². The molecule has 1 N–H and O–H groups in total. The molecule has 0 amide bonds. The average Bonchev–Trinajstić information content (AvgIpc) is 2.46. The van der Waals surface area contributed by atoms with Crippen molar-refractivity contribution in [2.24, 2.45) is 0 Å². The number of aliphatic hydroxyl groups is 1. The van der Waals surface area contributed by atoms with Gasteiger partial charge in [0, 0.05) is 22.3 Å². The molecule has 1 aromatic carbocycles. The van der Waals surface area contributed by atoms with Crippen LogP contribution in [-0.2, 0) is 13.2 Å². The summed E-state index contributed by atoms with van der Waals surface area (Å²) in [4.78, 5) is 4.45. The molecule has 0 aliphatic heterocycles. The number of rotatable bonds is 5. The van der Waals surface area contributed by atoms with Crippen molar-refractivity contribution in [3.8, 4) is 5.88 Å². The molecular formula is C16H18ClNO2. The summed E-state index contributed by atoms with van der Waals surface area (Å²) in [6.07, 6.45) is 0. The third-order valence-electron chi connectivity index (χ3n) is 2.99. The lowest BCUT2D eigenvalue weighted by molar-refractivity contribution is 0.274. The summed E-state index contributed by atoms with van der Waals surface area (Å²) in [6.45, 7) is 4.45. The fourth-order valence-corrected chi connectivity index (χ4v) is 2.00. The van der Waals surface area contributed by atoms with Gasteiger partial charge in [-0.15, -0.1) is 0 Å². The van der Waals surface area contributed by atoms with Gasteiger partial charge in [0.1, 0.15) is 6.61 Å². The van der Waals surface area contributed by atoms with Gasteiger partial charge in [-0.2, -0.15) is 0 Å². The SMILES string of the molecule is CC(C)c1cc(CO)cc(OCc2ccccc2Cl)n1. The number of halogens is 1. The smallest absolute Gasteiger partial charge is 0.214 e. The zero-order valence-corrected chi connectivity index (χ0v) is 12.4. The predicted molar refractivity (Wildman–Crippen MR) is 80.0 cm³/mol. The number of benzene rings is 1. The number of hydrogen-bond acceptors (Lipinski definition) is 3. The average molecular weight is 292 g/mol. The molecule has 20 heavy (non-hydrogen) atoms. The van der Waals surface area contributed by atoms with E-state index < -0.39 is 0 Å². The number of aliphatic hydroxyl groups excluding tert-OH is 1. The number of ether oxygens (including phenoxy) is 1. The summed E-state index contributed by atoms with van der Waals surface area (Å²) >= 11 is 6.09. The van der Waals surface area contributed by atoms with Gasteiger partial charge in [-0.05, 0) is 23.6 Å². The van der Waals surface area contributed by atoms with Gasteiger partial charge in [-0.3, -0.25) is 0 Å². The predicted octanol–water partition coefficient (Wildman–Crippen LogP) is 3.93. The molecule has 0 aliphatic rings. The molecule has 0 fully saturated rings. The highest BCUT2D eigenvalue weighted by atomic mass is 35.5. The van der Waals surface area contributed by atoms with Crippen LogP contribution in [-0.4, -0.2) is 10.1 Å². The standard InChI is InChI=1S/C16H18ClNO2/c1-11(2)15-7-12(9-19)8-16(18-15)20-10-13-5-3-4-6-14(13)17/h3-8,11,19H,9-10H2,1-2H3. The Morgan fingerprint density at radius 2 is 2.00 bits per heavy atom. The lowest BCUT2D eigenvalue weighted by Crippen LogP contribution is -2.02. The van der Waals surface area contributed by atoms with Crippen LogP contribution in [0.5, 0.6) is 5.88 Å². The largest absolute Gasteiger partial charge is 0.473 e. The highest BCUT2D eigenvalue weighted by Gasteiger charge is 2.08. The van der Waals surface area contributed by atoms with Crippen molar-refractivity contribution < 1.29 is 9.84 Å². The van der Waals surface area contributed by atoms with Crippen molar-refractivity contribution in [2.45, 2.75) is 33.0 Å². The van der Waals surface area contributed by atoms with Crippen LogP contribution < -0.4 is 4.74 Å². The topological polar surface area (TPSA) is 42.4 Å². The van der Waals surface area contributed by atoms with Crippen molar-refractivity contribution in [1.29, 1.82) is 0 Å². The number of pyridine rings is 1. The van der Waals surface area contributed by atoms with Crippen LogP contribution in [0.4, 0.5) is 0 Å². The van der Waals surface area contributed by atoms with E-state index in [1.165, 1.54) is 0 Å². The molecule has 0 unspecified atom stereocenters. The molecule has 1 aromatic heterocycles. The van der Waals surface area contributed by atoms with Crippen LogP contribution in [0, 0.1) is 0 Å². The number of aromatic nitrogens is 1. The molecule has 0 spiro atoms. The zero-order valence-electron chi connectivity index (χ0n) is 11.6. The summed E-state index contributed by atoms with van der Waals surface area (Å²) in [7, 11) is 0. The molecule has 3 nitrogen and oxygen atoms in total. The lowest BCUT2D eigenvalue weighted by atomic mass is 10.1. The van der Waals surface area contributed by atoms with E-state index in [4.69, 9.17) is 16.3 Å². The molecule has 106 valence electrons. The van der Waals surface area contributed by atoms with Gasteiger partial charge in [0.25, 0.3) is 0 Å². The minimum atomic E-state index is -0.0231. The Labute approximate surface area is 124 Å². The van der Waals surface area contributed by atoms with Crippen LogP contribution in [0.1, 0.15) is 36.6 Å². The normalized spacial score (nSPS) is 10.8. The summed E-state index contributed by atoms with van der Waals surface area (Å²) in [5.41, 5.74) is 2.63. The Morgan fingerprint density at radius 1 is 1.25 bits per heavy atom. The van der Waals surface area contributed by atoms with E-state index in [0.29, 0.717) is 17.5 Å². The van der Waals surface area contributed by atoms with Crippen LogP contribution in [0.15, 0.2) is 36.4 Å². The second kappa shape index (κ2) is 6.73. The number of nitrogens with zero attached hydrogens (tertiary/aromatic N) is 1. The van der Waals surface area contributed by atoms with Gasteiger partial charge in [-0.25, -0.2) is 4.98 Å². The van der Waals surface area contributed by atoms with Crippen molar-refractivity contribution >= 4 is 11.6 Å². The third-order valence-corrected chi connectivity index (χ3v) is 3.36. The molecule has 1 heterocycles. The van der Waals surface area contributed by atoms with Crippen LogP contribution in [0.3, 0.4) is 0 Å². The molecular weight excluding hydrogens is 274 g/mol. The summed E-state index contributed by atoms with van der Waals surface area (Å²) in [6, 6.07) is 11.2. The molecule has 0 aliphatic carbocycles. The first-order valence-corrected chi connectivity index (χ1v) is 6.96. The first kappa shape index (κ1) is 14.8. The van der Waals surface area contributed by atoms with Gasteiger partial charge in [0.15, 0.2) is 0 Å². The Hall–Kier alpha value is -1.58. The first-order chi connectivity index (χ1) is 9.60. The second-order valence-electron chi connectivity index (χ2n) is 4.93. The Bertz CT molecular complexity index is 584. The summed E-state index contributed by atoms with van der Waals surface area (Å²) in [5, 5.41) is 9.97. The fraction of sp³-hybridized carbons (Fsp3) is 0.312. The molecule has 2 aromatic rings. The van der Waals surface area contributed by atoms with Crippen molar-refractivity contribution in [3.05, 3.63) is 58.2 Å². The van der Waals surface area contributed by atoms with Crippen LogP contribution >= 0.6 is 11.6 Å². The van der Waals surface area contributed by atoms with E-state index in [1.807, 2.05) is 30.3 Å². The maximum atomic E-state index is 9.29. The summed E-state index contributed by atoms with van der Waals surface area (Å²) < 4.78 is 5.70. The molecule has 2 rings (SSSR count). The van der Waals surface area contributed by atoms with Gasteiger partial charge in [0.2, 0.25) is 5.88 Å². The molecule has 4 heteroatoms. The number of hydrogen-bond donors (Lipinski definition) is 1. The van der Waals surface area contributed by atoms with E-state index in [2.05, 4.69) is 18.8 Å². The third kappa shape index (κ3) is 3.71. The maximum absolute atomic E-state index is 9.29. The fourth-order valence-electron chi connectivity index (χ4n) is 1.81. The van der Waals surface area contributed by atoms with E-state index in [9.17, 15) is 5.11 Å². The van der Waals surface area contributed by atoms with E-state index in [-0.39, 0.29) is 12.5 Å². The lowest BCUT2D eigenvalue weighted by Gasteiger charge is -2.11. The van der Waals surface area contributed by atoms with Crippen LogP contribution in [0.2, 0.25) is 5.02 Å². The minimum Gasteiger partial charge on any atom is -0.473 e. The van der Waals surface area contributed by atoms with E-state index in [0.717, 1.165) is 16.8 Å². The minimum absolute atomic E-state index is 0.0231. The first-order valence-electron chi connectivity index (χ1n) is 6.58. The molecule has 0 radical (unpaired) electrons. The van der Waals surface area contributed by atoms with Crippen LogP contribution in [0.25, 0.3) is 0 Å². The van der Waals surface area contributed by atoms with Crippen molar-refractivity contribution in [3.63, 3.8) is 0 Å². The van der Waals surface area contributed by atoms with Gasteiger partial charge >= 0.3 is 0 Å². The highest BCUT2D eigenvalue weighted by molar-refractivity contribution is 6.31. The Balaban J connectivity index is 2.17. The Kier molecular flexibility index (Phi) is 4.99. The monoisotopic (exact) mass is 291 g/mol. The molecule has 0 atom stereocenters.